The maximum absolute atomic E-state index is 15.3. The number of hydrogen-bond donors (Lipinski definition) is 1. The number of aryl methyl sites for hydroxylation is 2. The van der Waals surface area contributed by atoms with Crippen LogP contribution in [0, 0.1) is 19.7 Å². The summed E-state index contributed by atoms with van der Waals surface area (Å²) < 4.78 is 27.4. The molecule has 1 N–H and O–H groups in total. The molecule has 4 aromatic rings. The second kappa shape index (κ2) is 9.60. The number of benzene rings is 3. The number of halogens is 1. The summed E-state index contributed by atoms with van der Waals surface area (Å²) in [6.45, 7) is 4.51. The molecule has 0 spiro atoms. The van der Waals surface area contributed by atoms with Gasteiger partial charge in [-0.2, -0.15) is 0 Å². The topological polar surface area (TPSA) is 68.7 Å². The molecule has 3 aromatic carbocycles. The Morgan fingerprint density at radius 2 is 1.89 bits per heavy atom. The van der Waals surface area contributed by atoms with E-state index in [1.54, 1.807) is 12.3 Å². The van der Waals surface area contributed by atoms with E-state index in [-0.39, 0.29) is 18.2 Å². The Balaban J connectivity index is 1.35. The fourth-order valence-electron chi connectivity index (χ4n) is 5.93. The number of carboxylic acids is 1. The Labute approximate surface area is 220 Å². The molecule has 1 unspecified atom stereocenters. The second-order valence-corrected chi connectivity index (χ2v) is 10.1. The molecule has 1 aliphatic heterocycles. The molecule has 2 heterocycles. The predicted molar refractivity (Wildman–Crippen MR) is 143 cm³/mol. The van der Waals surface area contributed by atoms with Crippen LogP contribution in [-0.2, 0) is 11.2 Å². The number of pyridine rings is 1. The first-order valence-corrected chi connectivity index (χ1v) is 12.9. The molecule has 0 fully saturated rings. The van der Waals surface area contributed by atoms with E-state index in [0.717, 1.165) is 44.6 Å². The van der Waals surface area contributed by atoms with Gasteiger partial charge >= 0.3 is 5.97 Å². The van der Waals surface area contributed by atoms with Gasteiger partial charge in [-0.3, -0.25) is 9.78 Å². The smallest absolute Gasteiger partial charge is 0.304 e. The molecule has 0 amide bonds. The van der Waals surface area contributed by atoms with Gasteiger partial charge in [0.1, 0.15) is 23.4 Å². The van der Waals surface area contributed by atoms with Crippen molar-refractivity contribution < 1.29 is 23.8 Å². The highest BCUT2D eigenvalue weighted by Crippen LogP contribution is 2.45. The third-order valence-corrected chi connectivity index (χ3v) is 7.66. The number of ether oxygens (including phenoxy) is 2. The number of carbonyl (C=O) groups is 1. The van der Waals surface area contributed by atoms with Crippen LogP contribution >= 0.6 is 0 Å². The van der Waals surface area contributed by atoms with E-state index in [9.17, 15) is 4.79 Å². The summed E-state index contributed by atoms with van der Waals surface area (Å²) in [4.78, 5) is 15.9. The Kier molecular flexibility index (Phi) is 6.10. The number of nitrogens with zero attached hydrogens (tertiary/aromatic N) is 1. The first-order valence-electron chi connectivity index (χ1n) is 12.9. The molecule has 2 atom stereocenters. The number of fused-ring (bicyclic) bond motifs is 2. The predicted octanol–water partition coefficient (Wildman–Crippen LogP) is 7.19. The van der Waals surface area contributed by atoms with Crippen LogP contribution in [0.3, 0.4) is 0 Å². The van der Waals surface area contributed by atoms with Crippen molar-refractivity contribution in [3.8, 4) is 33.9 Å². The van der Waals surface area contributed by atoms with E-state index in [0.29, 0.717) is 36.5 Å². The normalized spacial score (nSPS) is 17.6. The average Bonchev–Trinajstić information content (AvgIpc) is 3.49. The average molecular weight is 510 g/mol. The molecule has 0 saturated heterocycles. The Morgan fingerprint density at radius 3 is 2.68 bits per heavy atom. The van der Waals surface area contributed by atoms with Crippen LogP contribution in [-0.4, -0.2) is 22.7 Å². The van der Waals surface area contributed by atoms with Crippen molar-refractivity contribution in [1.82, 2.24) is 4.98 Å². The third kappa shape index (κ3) is 4.20. The number of hydrogen-bond acceptors (Lipinski definition) is 4. The highest BCUT2D eigenvalue weighted by Gasteiger charge is 2.32. The summed E-state index contributed by atoms with van der Waals surface area (Å²) in [7, 11) is 0. The largest absolute Gasteiger partial charge is 0.492 e. The fourth-order valence-corrected chi connectivity index (χ4v) is 5.93. The fraction of sp³-hybridized carbons (Fsp3) is 0.250. The van der Waals surface area contributed by atoms with E-state index >= 15 is 4.39 Å². The summed E-state index contributed by atoms with van der Waals surface area (Å²) in [5.74, 6) is -0.0817. The van der Waals surface area contributed by atoms with Gasteiger partial charge in [-0.1, -0.05) is 36.4 Å². The van der Waals surface area contributed by atoms with Crippen molar-refractivity contribution in [3.05, 3.63) is 100 Å². The minimum atomic E-state index is -0.852. The van der Waals surface area contributed by atoms with Crippen molar-refractivity contribution in [2.75, 3.05) is 6.61 Å². The summed E-state index contributed by atoms with van der Waals surface area (Å²) in [6.07, 6.45) is 2.74. The first kappa shape index (κ1) is 24.2. The first-order chi connectivity index (χ1) is 18.4. The van der Waals surface area contributed by atoms with Gasteiger partial charge in [-0.05, 0) is 67.1 Å². The van der Waals surface area contributed by atoms with Crippen LogP contribution in [0.25, 0.3) is 22.4 Å². The number of aromatic nitrogens is 1. The van der Waals surface area contributed by atoms with Crippen LogP contribution < -0.4 is 9.47 Å². The van der Waals surface area contributed by atoms with E-state index in [1.165, 1.54) is 6.07 Å². The second-order valence-electron chi connectivity index (χ2n) is 10.1. The van der Waals surface area contributed by atoms with Gasteiger partial charge in [0.2, 0.25) is 0 Å². The SMILES string of the molecule is Cc1cccc(C)c1-c1ncccc1-c1ccc(F)c2c1CC[C@H]2Oc1ccc2c(c1)OCC2CC(=O)O. The summed E-state index contributed by atoms with van der Waals surface area (Å²) in [5, 5.41) is 9.16. The maximum Gasteiger partial charge on any atom is 0.304 e. The zero-order chi connectivity index (χ0) is 26.4. The van der Waals surface area contributed by atoms with Crippen LogP contribution in [0.2, 0.25) is 0 Å². The zero-order valence-electron chi connectivity index (χ0n) is 21.3. The van der Waals surface area contributed by atoms with Crippen LogP contribution in [0.1, 0.15) is 52.7 Å². The molecule has 38 heavy (non-hydrogen) atoms. The molecule has 0 radical (unpaired) electrons. The van der Waals surface area contributed by atoms with Crippen molar-refractivity contribution in [2.24, 2.45) is 0 Å². The quantitative estimate of drug-likeness (QED) is 0.298. The van der Waals surface area contributed by atoms with E-state index in [1.807, 2.05) is 30.3 Å². The standard InChI is InChI=1S/C32H28FNO4/c1-18-5-3-6-19(2)30(18)32-25(7-4-14-34-32)23-10-12-26(33)31-24(23)11-13-27(31)38-21-8-9-22-20(15-29(35)36)17-37-28(22)16-21/h3-10,12,14,16,20,27H,11,13,15,17H2,1-2H3,(H,35,36)/t20?,27-/m1/s1. The minimum Gasteiger partial charge on any atom is -0.492 e. The van der Waals surface area contributed by atoms with E-state index < -0.39 is 12.1 Å². The molecule has 6 heteroatoms. The lowest BCUT2D eigenvalue weighted by atomic mass is 9.90. The molecular formula is C32H28FNO4. The molecule has 6 rings (SSSR count). The lowest BCUT2D eigenvalue weighted by Gasteiger charge is -2.19. The highest BCUT2D eigenvalue weighted by atomic mass is 19.1. The van der Waals surface area contributed by atoms with Crippen molar-refractivity contribution in [3.63, 3.8) is 0 Å². The summed E-state index contributed by atoms with van der Waals surface area (Å²) >= 11 is 0. The van der Waals surface area contributed by atoms with Gasteiger partial charge in [-0.25, -0.2) is 4.39 Å². The molecule has 0 bridgehead atoms. The zero-order valence-corrected chi connectivity index (χ0v) is 21.3. The number of carboxylic acid groups (broad SMARTS) is 1. The van der Waals surface area contributed by atoms with Crippen LogP contribution in [0.4, 0.5) is 4.39 Å². The van der Waals surface area contributed by atoms with E-state index in [4.69, 9.17) is 19.6 Å². The molecule has 192 valence electrons. The van der Waals surface area contributed by atoms with Crippen molar-refractivity contribution in [1.29, 1.82) is 0 Å². The van der Waals surface area contributed by atoms with Gasteiger partial charge in [0, 0.05) is 40.4 Å². The molecule has 1 aliphatic carbocycles. The van der Waals surface area contributed by atoms with Gasteiger partial charge in [0.25, 0.3) is 0 Å². The molecular weight excluding hydrogens is 481 g/mol. The number of rotatable bonds is 6. The molecule has 5 nitrogen and oxygen atoms in total. The molecule has 0 saturated carbocycles. The van der Waals surface area contributed by atoms with Gasteiger partial charge in [0.15, 0.2) is 0 Å². The summed E-state index contributed by atoms with van der Waals surface area (Å²) in [5.41, 5.74) is 8.67. The maximum atomic E-state index is 15.3. The van der Waals surface area contributed by atoms with Gasteiger partial charge < -0.3 is 14.6 Å². The molecule has 1 aromatic heterocycles. The van der Waals surface area contributed by atoms with Crippen molar-refractivity contribution >= 4 is 5.97 Å². The Morgan fingerprint density at radius 1 is 1.08 bits per heavy atom. The summed E-state index contributed by atoms with van der Waals surface area (Å²) in [6, 6.07) is 19.1. The van der Waals surface area contributed by atoms with Gasteiger partial charge in [-0.15, -0.1) is 0 Å². The monoisotopic (exact) mass is 509 g/mol. The lowest BCUT2D eigenvalue weighted by Crippen LogP contribution is -2.07. The highest BCUT2D eigenvalue weighted by molar-refractivity contribution is 5.85. The number of aliphatic carboxylic acids is 1. The lowest BCUT2D eigenvalue weighted by molar-refractivity contribution is -0.137. The van der Waals surface area contributed by atoms with Crippen molar-refractivity contribution in [2.45, 2.75) is 45.1 Å². The molecule has 2 aliphatic rings. The Hall–Kier alpha value is -4.19. The third-order valence-electron chi connectivity index (χ3n) is 7.66. The van der Waals surface area contributed by atoms with Crippen LogP contribution in [0.15, 0.2) is 66.9 Å². The van der Waals surface area contributed by atoms with Crippen LogP contribution in [0.5, 0.6) is 11.5 Å². The van der Waals surface area contributed by atoms with Gasteiger partial charge in [0.05, 0.1) is 18.7 Å². The van der Waals surface area contributed by atoms with E-state index in [2.05, 4.69) is 32.0 Å². The Bertz CT molecular complexity index is 1540. The minimum absolute atomic E-state index is 0.0234.